The molecule has 1 aromatic heterocycles. The van der Waals surface area contributed by atoms with Crippen LogP contribution in [-0.4, -0.2) is 46.5 Å². The average Bonchev–Trinajstić information content (AvgIpc) is 2.93. The Kier molecular flexibility index (Phi) is 10.0. The maximum atomic E-state index is 14.0. The minimum Gasteiger partial charge on any atom is -0.378 e. The largest absolute Gasteiger partial charge is 0.378 e. The van der Waals surface area contributed by atoms with Gasteiger partial charge in [-0.1, -0.05) is 65.3 Å². The Bertz CT molecular complexity index is 1470. The standard InChI is InChI=1S/C32H34ClN5O2S/c1-21-6-8-24(9-7-21)19-38(29(39)20-41-32-34-22(2)18-23(3)35-32)30(25-10-12-26(33)13-11-25)31(40)36-27-14-16-28(17-15-27)37(4)5/h6-18,30H,19-20H2,1-5H3,(H,36,40). The summed E-state index contributed by atoms with van der Waals surface area (Å²) in [4.78, 5) is 40.5. The third-order valence-corrected chi connectivity index (χ3v) is 7.56. The Morgan fingerprint density at radius 1 is 0.878 bits per heavy atom. The topological polar surface area (TPSA) is 78.4 Å². The smallest absolute Gasteiger partial charge is 0.251 e. The van der Waals surface area contributed by atoms with Gasteiger partial charge in [0.15, 0.2) is 5.16 Å². The van der Waals surface area contributed by atoms with Crippen molar-refractivity contribution in [3.63, 3.8) is 0 Å². The van der Waals surface area contributed by atoms with Crippen LogP contribution in [0, 0.1) is 20.8 Å². The van der Waals surface area contributed by atoms with Crippen LogP contribution in [0.2, 0.25) is 5.02 Å². The minimum absolute atomic E-state index is 0.0731. The molecule has 0 aliphatic carbocycles. The van der Waals surface area contributed by atoms with E-state index in [-0.39, 0.29) is 24.1 Å². The second-order valence-corrected chi connectivity index (χ2v) is 11.5. The molecule has 3 aromatic carbocycles. The van der Waals surface area contributed by atoms with E-state index in [0.717, 1.165) is 28.2 Å². The fourth-order valence-electron chi connectivity index (χ4n) is 4.35. The van der Waals surface area contributed by atoms with Crippen LogP contribution in [0.5, 0.6) is 0 Å². The van der Waals surface area contributed by atoms with E-state index >= 15 is 0 Å². The summed E-state index contributed by atoms with van der Waals surface area (Å²) in [7, 11) is 3.92. The van der Waals surface area contributed by atoms with Gasteiger partial charge < -0.3 is 15.1 Å². The van der Waals surface area contributed by atoms with Crippen molar-refractivity contribution in [3.8, 4) is 0 Å². The molecule has 41 heavy (non-hydrogen) atoms. The summed E-state index contributed by atoms with van der Waals surface area (Å²) < 4.78 is 0. The Morgan fingerprint density at radius 2 is 1.49 bits per heavy atom. The van der Waals surface area contributed by atoms with Crippen LogP contribution >= 0.6 is 23.4 Å². The Hall–Kier alpha value is -3.88. The first-order chi connectivity index (χ1) is 19.6. The van der Waals surface area contributed by atoms with E-state index in [0.29, 0.717) is 21.4 Å². The molecule has 0 spiro atoms. The summed E-state index contributed by atoms with van der Waals surface area (Å²) in [6.07, 6.45) is 0. The number of nitrogens with zero attached hydrogens (tertiary/aromatic N) is 4. The summed E-state index contributed by atoms with van der Waals surface area (Å²) in [5, 5.41) is 4.10. The molecule has 2 amide bonds. The highest BCUT2D eigenvalue weighted by Crippen LogP contribution is 2.29. The molecule has 4 aromatic rings. The number of rotatable bonds is 10. The highest BCUT2D eigenvalue weighted by molar-refractivity contribution is 7.99. The Morgan fingerprint density at radius 3 is 2.07 bits per heavy atom. The monoisotopic (exact) mass is 587 g/mol. The predicted molar refractivity (Wildman–Crippen MR) is 168 cm³/mol. The number of aromatic nitrogens is 2. The second kappa shape index (κ2) is 13.7. The molecule has 1 heterocycles. The first kappa shape index (κ1) is 30.1. The lowest BCUT2D eigenvalue weighted by atomic mass is 10.0. The van der Waals surface area contributed by atoms with Crippen LogP contribution in [0.1, 0.15) is 34.1 Å². The highest BCUT2D eigenvalue weighted by atomic mass is 35.5. The van der Waals surface area contributed by atoms with Crippen molar-refractivity contribution in [1.82, 2.24) is 14.9 Å². The fraction of sp³-hybridized carbons (Fsp3) is 0.250. The predicted octanol–water partition coefficient (Wildman–Crippen LogP) is 6.62. The van der Waals surface area contributed by atoms with Gasteiger partial charge in [-0.15, -0.1) is 0 Å². The van der Waals surface area contributed by atoms with Crippen LogP contribution in [-0.2, 0) is 16.1 Å². The lowest BCUT2D eigenvalue weighted by Crippen LogP contribution is -2.41. The first-order valence-corrected chi connectivity index (χ1v) is 14.6. The number of nitrogens with one attached hydrogen (secondary N) is 1. The quantitative estimate of drug-likeness (QED) is 0.166. The van der Waals surface area contributed by atoms with Crippen molar-refractivity contribution in [2.45, 2.75) is 38.5 Å². The molecule has 0 aliphatic heterocycles. The van der Waals surface area contributed by atoms with Crippen molar-refractivity contribution in [1.29, 1.82) is 0 Å². The van der Waals surface area contributed by atoms with Crippen LogP contribution in [0.3, 0.4) is 0 Å². The summed E-state index contributed by atoms with van der Waals surface area (Å²) in [5.41, 5.74) is 6.01. The number of halogens is 1. The third-order valence-electron chi connectivity index (χ3n) is 6.48. The van der Waals surface area contributed by atoms with E-state index in [4.69, 9.17) is 11.6 Å². The van der Waals surface area contributed by atoms with Gasteiger partial charge in [-0.05, 0) is 74.4 Å². The molecule has 0 saturated carbocycles. The van der Waals surface area contributed by atoms with Gasteiger partial charge in [-0.2, -0.15) is 0 Å². The summed E-state index contributed by atoms with van der Waals surface area (Å²) in [6.45, 7) is 6.05. The molecule has 0 radical (unpaired) electrons. The number of aryl methyl sites for hydroxylation is 3. The fourth-order valence-corrected chi connectivity index (χ4v) is 5.31. The molecule has 0 bridgehead atoms. The number of anilines is 2. The molecular weight excluding hydrogens is 554 g/mol. The molecule has 1 atom stereocenters. The van der Waals surface area contributed by atoms with Crippen molar-refractivity contribution in [2.75, 3.05) is 30.1 Å². The molecule has 0 fully saturated rings. The zero-order valence-corrected chi connectivity index (χ0v) is 25.5. The molecule has 1 N–H and O–H groups in total. The van der Waals surface area contributed by atoms with Gasteiger partial charge in [0, 0.05) is 48.4 Å². The maximum Gasteiger partial charge on any atom is 0.251 e. The zero-order chi connectivity index (χ0) is 29.5. The van der Waals surface area contributed by atoms with Gasteiger partial charge in [0.25, 0.3) is 5.91 Å². The zero-order valence-electron chi connectivity index (χ0n) is 23.9. The minimum atomic E-state index is -0.907. The Balaban J connectivity index is 1.69. The molecule has 1 unspecified atom stereocenters. The molecular formula is C32H34ClN5O2S. The van der Waals surface area contributed by atoms with Crippen molar-refractivity contribution >= 4 is 46.6 Å². The van der Waals surface area contributed by atoms with E-state index in [2.05, 4.69) is 15.3 Å². The molecule has 212 valence electrons. The second-order valence-electron chi connectivity index (χ2n) is 10.1. The Labute approximate surface area is 251 Å². The first-order valence-electron chi connectivity index (χ1n) is 13.2. The lowest BCUT2D eigenvalue weighted by molar-refractivity contribution is -0.137. The van der Waals surface area contributed by atoms with Gasteiger partial charge in [0.05, 0.1) is 5.75 Å². The van der Waals surface area contributed by atoms with E-state index < -0.39 is 6.04 Å². The van der Waals surface area contributed by atoms with E-state index in [1.807, 2.05) is 94.4 Å². The molecule has 0 saturated heterocycles. The van der Waals surface area contributed by atoms with E-state index in [1.165, 1.54) is 11.8 Å². The summed E-state index contributed by atoms with van der Waals surface area (Å²) >= 11 is 7.46. The van der Waals surface area contributed by atoms with E-state index in [9.17, 15) is 9.59 Å². The number of carbonyl (C=O) groups is 2. The molecule has 4 rings (SSSR count). The van der Waals surface area contributed by atoms with Crippen LogP contribution in [0.25, 0.3) is 0 Å². The number of amides is 2. The van der Waals surface area contributed by atoms with Crippen molar-refractivity contribution < 1.29 is 9.59 Å². The highest BCUT2D eigenvalue weighted by Gasteiger charge is 2.32. The van der Waals surface area contributed by atoms with Gasteiger partial charge in [-0.3, -0.25) is 9.59 Å². The van der Waals surface area contributed by atoms with Gasteiger partial charge in [0.2, 0.25) is 5.91 Å². The van der Waals surface area contributed by atoms with E-state index in [1.54, 1.807) is 29.2 Å². The van der Waals surface area contributed by atoms with Gasteiger partial charge in [-0.25, -0.2) is 9.97 Å². The maximum absolute atomic E-state index is 14.0. The van der Waals surface area contributed by atoms with Crippen LogP contribution in [0.15, 0.2) is 84.0 Å². The van der Waals surface area contributed by atoms with Crippen LogP contribution in [0.4, 0.5) is 11.4 Å². The van der Waals surface area contributed by atoms with Crippen LogP contribution < -0.4 is 10.2 Å². The molecule has 0 aliphatic rings. The van der Waals surface area contributed by atoms with Gasteiger partial charge >= 0.3 is 0 Å². The van der Waals surface area contributed by atoms with Crippen molar-refractivity contribution in [2.24, 2.45) is 0 Å². The van der Waals surface area contributed by atoms with Gasteiger partial charge in [0.1, 0.15) is 6.04 Å². The number of benzene rings is 3. The number of hydrogen-bond donors (Lipinski definition) is 1. The summed E-state index contributed by atoms with van der Waals surface area (Å²) in [5.74, 6) is -0.460. The SMILES string of the molecule is Cc1ccc(CN(C(=O)CSc2nc(C)cc(C)n2)C(C(=O)Nc2ccc(N(C)C)cc2)c2ccc(Cl)cc2)cc1. The average molecular weight is 588 g/mol. The third kappa shape index (κ3) is 8.31. The van der Waals surface area contributed by atoms with Crippen molar-refractivity contribution in [3.05, 3.63) is 112 Å². The molecule has 9 heteroatoms. The lowest BCUT2D eigenvalue weighted by Gasteiger charge is -2.31. The number of carbonyl (C=O) groups excluding carboxylic acids is 2. The number of hydrogen-bond acceptors (Lipinski definition) is 6. The normalized spacial score (nSPS) is 11.6. The molecule has 7 nitrogen and oxygen atoms in total. The summed E-state index contributed by atoms with van der Waals surface area (Å²) in [6, 6.07) is 23.6. The number of thioether (sulfide) groups is 1.